The molecule has 0 atom stereocenters. The summed E-state index contributed by atoms with van der Waals surface area (Å²) < 4.78 is 1.24. The van der Waals surface area contributed by atoms with Gasteiger partial charge in [-0.1, -0.05) is 17.4 Å². The maximum absolute atomic E-state index is 11.1. The van der Waals surface area contributed by atoms with Crippen molar-refractivity contribution in [1.29, 1.82) is 0 Å². The van der Waals surface area contributed by atoms with E-state index in [1.54, 1.807) is 11.3 Å². The van der Waals surface area contributed by atoms with Crippen molar-refractivity contribution >= 4 is 49.1 Å². The van der Waals surface area contributed by atoms with Crippen LogP contribution in [-0.2, 0) is 11.3 Å². The first-order valence-electron chi connectivity index (χ1n) is 8.08. The average molecular weight is 374 g/mol. The van der Waals surface area contributed by atoms with E-state index in [0.717, 1.165) is 43.4 Å². The van der Waals surface area contributed by atoms with Crippen molar-refractivity contribution in [2.24, 2.45) is 0 Å². The third-order valence-electron chi connectivity index (χ3n) is 4.14. The van der Waals surface area contributed by atoms with Crippen molar-refractivity contribution in [1.82, 2.24) is 20.1 Å². The Bertz CT molecular complexity index is 884. The van der Waals surface area contributed by atoms with Crippen molar-refractivity contribution in [2.45, 2.75) is 13.5 Å². The van der Waals surface area contributed by atoms with Gasteiger partial charge in [-0.25, -0.2) is 4.98 Å². The van der Waals surface area contributed by atoms with Crippen LogP contribution in [0.25, 0.3) is 10.2 Å². The van der Waals surface area contributed by atoms with Gasteiger partial charge >= 0.3 is 0 Å². The summed E-state index contributed by atoms with van der Waals surface area (Å²) >= 11 is 3.10. The van der Waals surface area contributed by atoms with Gasteiger partial charge in [-0.05, 0) is 17.7 Å². The van der Waals surface area contributed by atoms with Gasteiger partial charge in [-0.2, -0.15) is 0 Å². The second-order valence-corrected chi connectivity index (χ2v) is 7.83. The Morgan fingerprint density at radius 2 is 2.08 bits per heavy atom. The number of nitrogens with one attached hydrogen (secondary N) is 1. The van der Waals surface area contributed by atoms with Crippen LogP contribution < -0.4 is 10.2 Å². The van der Waals surface area contributed by atoms with Crippen LogP contribution >= 0.6 is 22.7 Å². The molecule has 4 rings (SSSR count). The molecule has 1 aliphatic heterocycles. The normalized spacial score (nSPS) is 15.6. The highest BCUT2D eigenvalue weighted by atomic mass is 32.1. The van der Waals surface area contributed by atoms with Crippen LogP contribution in [0, 0.1) is 0 Å². The summed E-state index contributed by atoms with van der Waals surface area (Å²) in [5.74, 6) is -0.121. The van der Waals surface area contributed by atoms with Crippen molar-refractivity contribution in [3.8, 4) is 0 Å². The maximum atomic E-state index is 11.1. The molecule has 2 aromatic heterocycles. The van der Waals surface area contributed by atoms with Gasteiger partial charge in [-0.3, -0.25) is 9.69 Å². The number of amides is 1. The molecule has 3 heterocycles. The Morgan fingerprint density at radius 1 is 1.24 bits per heavy atom. The molecule has 0 saturated carbocycles. The third-order valence-corrected chi connectivity index (χ3v) is 5.85. The number of hydrogen-bond donors (Lipinski definition) is 1. The predicted octanol–water partition coefficient (Wildman–Crippen LogP) is 2.43. The van der Waals surface area contributed by atoms with Gasteiger partial charge in [0.1, 0.15) is 0 Å². The van der Waals surface area contributed by atoms with Crippen LogP contribution in [0.2, 0.25) is 0 Å². The molecule has 1 aromatic carbocycles. The molecule has 1 N–H and O–H groups in total. The summed E-state index contributed by atoms with van der Waals surface area (Å²) in [4.78, 5) is 20.1. The molecule has 9 heteroatoms. The lowest BCUT2D eigenvalue weighted by Gasteiger charge is -2.34. The summed E-state index contributed by atoms with van der Waals surface area (Å²) in [6.45, 7) is 6.19. The smallest absolute Gasteiger partial charge is 0.223 e. The lowest BCUT2D eigenvalue weighted by molar-refractivity contribution is -0.114. The lowest BCUT2D eigenvalue weighted by Crippen LogP contribution is -2.45. The van der Waals surface area contributed by atoms with Gasteiger partial charge in [-0.15, -0.1) is 21.5 Å². The first kappa shape index (κ1) is 16.4. The largest absolute Gasteiger partial charge is 0.344 e. The Morgan fingerprint density at radius 3 is 2.88 bits per heavy atom. The Kier molecular flexibility index (Phi) is 4.60. The minimum absolute atomic E-state index is 0.121. The van der Waals surface area contributed by atoms with Crippen LogP contribution in [-0.4, -0.2) is 52.2 Å². The molecule has 7 nitrogen and oxygen atoms in total. The zero-order chi connectivity index (χ0) is 17.2. The van der Waals surface area contributed by atoms with Gasteiger partial charge in [0, 0.05) is 39.6 Å². The fraction of sp³-hybridized carbons (Fsp3) is 0.375. The highest BCUT2D eigenvalue weighted by molar-refractivity contribution is 7.19. The van der Waals surface area contributed by atoms with E-state index in [-0.39, 0.29) is 5.91 Å². The Labute approximate surface area is 153 Å². The molecular weight excluding hydrogens is 356 g/mol. The molecular formula is C16H18N6OS2. The zero-order valence-corrected chi connectivity index (χ0v) is 15.4. The first-order valence-corrected chi connectivity index (χ1v) is 9.77. The first-order chi connectivity index (χ1) is 12.2. The number of fused-ring (bicyclic) bond motifs is 1. The van der Waals surface area contributed by atoms with E-state index in [9.17, 15) is 4.79 Å². The average Bonchev–Trinajstić information content (AvgIpc) is 3.24. The van der Waals surface area contributed by atoms with E-state index in [0.29, 0.717) is 5.13 Å². The van der Waals surface area contributed by atoms with Crippen LogP contribution in [0.5, 0.6) is 0 Å². The third kappa shape index (κ3) is 3.78. The number of rotatable bonds is 4. The van der Waals surface area contributed by atoms with Gasteiger partial charge in [0.25, 0.3) is 0 Å². The van der Waals surface area contributed by atoms with E-state index in [2.05, 4.69) is 48.5 Å². The summed E-state index contributed by atoms with van der Waals surface area (Å²) in [6.07, 6.45) is 0. The van der Waals surface area contributed by atoms with Gasteiger partial charge in [0.05, 0.1) is 15.7 Å². The monoisotopic (exact) mass is 374 g/mol. The summed E-state index contributed by atoms with van der Waals surface area (Å²) in [7, 11) is 0. The molecule has 1 fully saturated rings. The van der Waals surface area contributed by atoms with Crippen molar-refractivity contribution in [2.75, 3.05) is 36.4 Å². The quantitative estimate of drug-likeness (QED) is 0.756. The second kappa shape index (κ2) is 7.03. The van der Waals surface area contributed by atoms with E-state index >= 15 is 0 Å². The molecule has 0 unspecified atom stereocenters. The van der Waals surface area contributed by atoms with Crippen LogP contribution in [0.4, 0.5) is 10.3 Å². The van der Waals surface area contributed by atoms with Crippen LogP contribution in [0.1, 0.15) is 12.5 Å². The number of anilines is 2. The molecule has 1 saturated heterocycles. The minimum atomic E-state index is -0.121. The van der Waals surface area contributed by atoms with Crippen molar-refractivity contribution in [3.63, 3.8) is 0 Å². The number of nitrogens with zero attached hydrogens (tertiary/aromatic N) is 5. The number of hydrogen-bond acceptors (Lipinski definition) is 8. The molecule has 130 valence electrons. The highest BCUT2D eigenvalue weighted by Crippen LogP contribution is 2.25. The molecule has 0 spiro atoms. The summed E-state index contributed by atoms with van der Waals surface area (Å²) in [5, 5.41) is 12.3. The summed E-state index contributed by atoms with van der Waals surface area (Å²) in [5.41, 5.74) is 4.28. The van der Waals surface area contributed by atoms with E-state index in [1.165, 1.54) is 28.5 Å². The van der Waals surface area contributed by atoms with E-state index in [4.69, 9.17) is 0 Å². The van der Waals surface area contributed by atoms with Crippen molar-refractivity contribution < 1.29 is 4.79 Å². The second-order valence-electron chi connectivity index (χ2n) is 5.99. The number of piperazine rings is 1. The minimum Gasteiger partial charge on any atom is -0.344 e. The SMILES string of the molecule is CC(=O)Nc1nnc(N2CCN(Cc3ccc4scnc4c3)CC2)s1. The Balaban J connectivity index is 1.34. The zero-order valence-electron chi connectivity index (χ0n) is 13.8. The van der Waals surface area contributed by atoms with Crippen LogP contribution in [0.3, 0.4) is 0 Å². The molecule has 3 aromatic rings. The van der Waals surface area contributed by atoms with Gasteiger partial charge in [0.15, 0.2) is 0 Å². The predicted molar refractivity (Wildman–Crippen MR) is 101 cm³/mol. The Hall–Kier alpha value is -2.10. The molecule has 0 aliphatic carbocycles. The maximum Gasteiger partial charge on any atom is 0.223 e. The number of carbonyl (C=O) groups excluding carboxylic acids is 1. The number of thiazole rings is 1. The molecule has 25 heavy (non-hydrogen) atoms. The van der Waals surface area contributed by atoms with Crippen molar-refractivity contribution in [3.05, 3.63) is 29.3 Å². The van der Waals surface area contributed by atoms with Gasteiger partial charge in [0.2, 0.25) is 16.2 Å². The molecule has 0 bridgehead atoms. The van der Waals surface area contributed by atoms with E-state index in [1.807, 2.05) is 5.51 Å². The standard InChI is InChI=1S/C16H18N6OS2/c1-11(23)18-15-19-20-16(25-15)22-6-4-21(5-7-22)9-12-2-3-14-13(8-12)17-10-24-14/h2-3,8,10H,4-7,9H2,1H3,(H,18,19,23). The lowest BCUT2D eigenvalue weighted by atomic mass is 10.2. The highest BCUT2D eigenvalue weighted by Gasteiger charge is 2.20. The fourth-order valence-corrected chi connectivity index (χ4v) is 4.40. The molecule has 1 aliphatic rings. The van der Waals surface area contributed by atoms with E-state index < -0.39 is 0 Å². The fourth-order valence-electron chi connectivity index (χ4n) is 2.90. The number of benzene rings is 1. The van der Waals surface area contributed by atoms with Gasteiger partial charge < -0.3 is 10.2 Å². The number of aromatic nitrogens is 3. The summed E-state index contributed by atoms with van der Waals surface area (Å²) in [6, 6.07) is 6.53. The number of carbonyl (C=O) groups is 1. The molecule has 0 radical (unpaired) electrons. The topological polar surface area (TPSA) is 74.2 Å². The van der Waals surface area contributed by atoms with Crippen LogP contribution in [0.15, 0.2) is 23.7 Å². The molecule has 1 amide bonds.